The molecule has 3 aliphatic heterocycles. The van der Waals surface area contributed by atoms with Crippen molar-refractivity contribution in [3.63, 3.8) is 0 Å². The molecule has 0 spiro atoms. The number of hydrogen-bond acceptors (Lipinski definition) is 7. The zero-order chi connectivity index (χ0) is 35.4. The second-order valence-corrected chi connectivity index (χ2v) is 15.1. The Labute approximate surface area is 299 Å². The molecule has 270 valence electrons. The number of H-pyrrole nitrogens is 1. The lowest BCUT2D eigenvalue weighted by molar-refractivity contribution is -0.946. The van der Waals surface area contributed by atoms with Crippen LogP contribution in [0.1, 0.15) is 67.7 Å². The second kappa shape index (κ2) is 15.3. The minimum atomic E-state index is -0.964. The fraction of sp³-hybridized carbons (Fsp3) is 0.463. The van der Waals surface area contributed by atoms with Gasteiger partial charge in [0, 0.05) is 49.0 Å². The van der Waals surface area contributed by atoms with Crippen LogP contribution in [0.3, 0.4) is 0 Å². The number of anilines is 1. The van der Waals surface area contributed by atoms with Crippen LogP contribution < -0.4 is 16.2 Å². The molecule has 4 aliphatic rings. The lowest BCUT2D eigenvalue weighted by atomic mass is 9.80. The van der Waals surface area contributed by atoms with Gasteiger partial charge in [-0.3, -0.25) is 9.59 Å². The number of aromatic amines is 1. The Morgan fingerprint density at radius 2 is 1.71 bits per heavy atom. The van der Waals surface area contributed by atoms with Crippen LogP contribution in [0.15, 0.2) is 83.7 Å². The average molecular weight is 696 g/mol. The number of pyridine rings is 1. The first-order valence-electron chi connectivity index (χ1n) is 18.6. The van der Waals surface area contributed by atoms with E-state index >= 15 is 0 Å². The number of nitrogens with zero attached hydrogens (tertiary/aromatic N) is 1. The van der Waals surface area contributed by atoms with Crippen molar-refractivity contribution < 1.29 is 29.3 Å². The fourth-order valence-electron chi connectivity index (χ4n) is 8.81. The maximum Gasteiger partial charge on any atom is 0.248 e. The van der Waals surface area contributed by atoms with Gasteiger partial charge in [0.2, 0.25) is 11.5 Å². The van der Waals surface area contributed by atoms with Gasteiger partial charge in [-0.05, 0) is 59.7 Å². The van der Waals surface area contributed by atoms with E-state index in [1.54, 1.807) is 12.1 Å². The molecule has 1 unspecified atom stereocenters. The van der Waals surface area contributed by atoms with Crippen molar-refractivity contribution in [2.45, 2.75) is 69.3 Å². The molecule has 8 rings (SSSR count). The highest BCUT2D eigenvalue weighted by Crippen LogP contribution is 2.43. The monoisotopic (exact) mass is 695 g/mol. The van der Waals surface area contributed by atoms with Crippen LogP contribution in [-0.4, -0.2) is 76.1 Å². The minimum Gasteiger partial charge on any atom is -0.506 e. The summed E-state index contributed by atoms with van der Waals surface area (Å²) in [6, 6.07) is 23.9. The fourth-order valence-corrected chi connectivity index (χ4v) is 8.81. The smallest absolute Gasteiger partial charge is 0.248 e. The molecule has 1 aromatic heterocycles. The molecule has 4 fully saturated rings. The molecule has 4 heterocycles. The zero-order valence-corrected chi connectivity index (χ0v) is 29.2. The number of piperidine rings is 3. The van der Waals surface area contributed by atoms with Crippen molar-refractivity contribution in [1.82, 2.24) is 10.3 Å². The highest BCUT2D eigenvalue weighted by Gasteiger charge is 2.48. The number of nitrogens with one attached hydrogen (secondary N) is 3. The summed E-state index contributed by atoms with van der Waals surface area (Å²) < 4.78 is 7.57. The molecule has 1 saturated carbocycles. The van der Waals surface area contributed by atoms with Crippen LogP contribution in [0, 0.1) is 11.8 Å². The van der Waals surface area contributed by atoms with Crippen LogP contribution in [0.25, 0.3) is 10.9 Å². The number of aromatic nitrogens is 1. The Bertz CT molecular complexity index is 1850. The molecule has 6 N–H and O–H groups in total. The molecule has 0 radical (unpaired) electrons. The summed E-state index contributed by atoms with van der Waals surface area (Å²) in [5, 5.41) is 39.9. The van der Waals surface area contributed by atoms with E-state index in [-0.39, 0.29) is 35.8 Å². The third kappa shape index (κ3) is 7.90. The number of rotatable bonds is 14. The molecule has 3 atom stereocenters. The third-order valence-electron chi connectivity index (χ3n) is 11.8. The quantitative estimate of drug-likeness (QED) is 0.101. The first-order chi connectivity index (χ1) is 24.7. The number of aliphatic hydroxyl groups is 2. The first kappa shape index (κ1) is 35.3. The average Bonchev–Trinajstić information content (AvgIpc) is 3.71. The van der Waals surface area contributed by atoms with E-state index in [2.05, 4.69) is 15.6 Å². The van der Waals surface area contributed by atoms with Gasteiger partial charge in [-0.1, -0.05) is 61.4 Å². The molecular weight excluding hydrogens is 644 g/mol. The largest absolute Gasteiger partial charge is 0.506 e. The van der Waals surface area contributed by atoms with Gasteiger partial charge in [0.25, 0.3) is 0 Å². The van der Waals surface area contributed by atoms with Gasteiger partial charge in [-0.15, -0.1) is 0 Å². The summed E-state index contributed by atoms with van der Waals surface area (Å²) in [6.07, 6.45) is 6.28. The number of amides is 1. The standard InChI is InChI=1S/C41H50N4O6/c46-35-16-14-33(34-15-17-38(48)44-40(34)35)36(47)25-42-24-28-10-12-32(13-11-28)43-39(49)20-23-45-21-18-29(19-22-45)37(26-45)51-27-41(50,31-8-4-5-9-31)30-6-2-1-3-7-30/h1-3,6-7,10-17,29,31,36-37,42,47,50H,4-5,8-9,18-27H2,(H2-,43,44,46,48,49)/p+1/t29?,36-,37-,41?,45?/m0/s1. The van der Waals surface area contributed by atoms with Crippen molar-refractivity contribution in [3.8, 4) is 5.75 Å². The summed E-state index contributed by atoms with van der Waals surface area (Å²) in [5.41, 5.74) is 2.35. The lowest BCUT2D eigenvalue weighted by Gasteiger charge is -2.52. The topological polar surface area (TPSA) is 144 Å². The van der Waals surface area contributed by atoms with E-state index in [0.29, 0.717) is 42.0 Å². The highest BCUT2D eigenvalue weighted by atomic mass is 16.5. The predicted molar refractivity (Wildman–Crippen MR) is 197 cm³/mol. The number of hydrogen-bond donors (Lipinski definition) is 6. The maximum absolute atomic E-state index is 13.1. The molecule has 1 amide bonds. The van der Waals surface area contributed by atoms with E-state index in [4.69, 9.17) is 4.74 Å². The van der Waals surface area contributed by atoms with Crippen LogP contribution in [-0.2, 0) is 21.7 Å². The van der Waals surface area contributed by atoms with E-state index in [1.165, 1.54) is 12.1 Å². The Kier molecular flexibility index (Phi) is 10.6. The molecule has 4 aromatic rings. The number of quaternary nitrogens is 1. The summed E-state index contributed by atoms with van der Waals surface area (Å²) in [4.78, 5) is 27.4. The van der Waals surface area contributed by atoms with Gasteiger partial charge in [0.15, 0.2) is 0 Å². The number of phenolic OH excluding ortho intramolecular Hbond substituents is 1. The Balaban J connectivity index is 0.880. The van der Waals surface area contributed by atoms with Crippen molar-refractivity contribution >= 4 is 22.5 Å². The number of aromatic hydroxyl groups is 1. The number of fused-ring (bicyclic) bond motifs is 4. The van der Waals surface area contributed by atoms with Crippen molar-refractivity contribution in [2.24, 2.45) is 11.8 Å². The van der Waals surface area contributed by atoms with E-state index in [1.807, 2.05) is 54.6 Å². The summed E-state index contributed by atoms with van der Waals surface area (Å²) >= 11 is 0. The van der Waals surface area contributed by atoms with Crippen LogP contribution in [0.5, 0.6) is 5.75 Å². The molecule has 2 bridgehead atoms. The number of ether oxygens (including phenoxy) is 1. The molecular formula is C41H51N4O6+. The molecule has 3 aromatic carbocycles. The number of carbonyl (C=O) groups is 1. The number of carbonyl (C=O) groups excluding carboxylic acids is 1. The van der Waals surface area contributed by atoms with Gasteiger partial charge < -0.3 is 40.2 Å². The number of benzene rings is 3. The van der Waals surface area contributed by atoms with E-state index in [0.717, 1.165) is 86.0 Å². The maximum atomic E-state index is 13.1. The first-order valence-corrected chi connectivity index (χ1v) is 18.6. The van der Waals surface area contributed by atoms with Crippen LogP contribution in [0.4, 0.5) is 5.69 Å². The van der Waals surface area contributed by atoms with Gasteiger partial charge in [0.1, 0.15) is 24.0 Å². The zero-order valence-electron chi connectivity index (χ0n) is 29.2. The third-order valence-corrected chi connectivity index (χ3v) is 11.8. The van der Waals surface area contributed by atoms with Crippen molar-refractivity contribution in [3.05, 3.63) is 106 Å². The van der Waals surface area contributed by atoms with Gasteiger partial charge in [0.05, 0.1) is 44.3 Å². The minimum absolute atomic E-state index is 0.00354. The van der Waals surface area contributed by atoms with Crippen LogP contribution in [0.2, 0.25) is 0 Å². The summed E-state index contributed by atoms with van der Waals surface area (Å²) in [7, 11) is 0. The SMILES string of the molecule is O=C(CC[N+]12CCC(CC1)[C@@H](OCC(O)(c1ccccc1)C1CCCC1)C2)Nc1ccc(CNC[C@H](O)c2ccc(O)c3[nH]c(=O)ccc23)cc1. The van der Waals surface area contributed by atoms with Gasteiger partial charge in [-0.25, -0.2) is 0 Å². The van der Waals surface area contributed by atoms with E-state index < -0.39 is 11.7 Å². The van der Waals surface area contributed by atoms with E-state index in [9.17, 15) is 24.9 Å². The van der Waals surface area contributed by atoms with Gasteiger partial charge in [-0.2, -0.15) is 0 Å². The highest BCUT2D eigenvalue weighted by molar-refractivity contribution is 5.90. The van der Waals surface area contributed by atoms with Crippen molar-refractivity contribution in [1.29, 1.82) is 0 Å². The summed E-state index contributed by atoms with van der Waals surface area (Å²) in [6.45, 7) is 4.94. The second-order valence-electron chi connectivity index (χ2n) is 15.1. The lowest BCUT2D eigenvalue weighted by Crippen LogP contribution is -2.65. The predicted octanol–water partition coefficient (Wildman–Crippen LogP) is 5.09. The molecule has 3 saturated heterocycles. The molecule has 1 aliphatic carbocycles. The summed E-state index contributed by atoms with van der Waals surface area (Å²) in [5.74, 6) is 0.696. The normalized spacial score (nSPS) is 23.6. The van der Waals surface area contributed by atoms with Crippen molar-refractivity contribution in [2.75, 3.05) is 44.6 Å². The number of aliphatic hydroxyl groups excluding tert-OH is 1. The van der Waals surface area contributed by atoms with Gasteiger partial charge >= 0.3 is 0 Å². The molecule has 51 heavy (non-hydrogen) atoms. The Morgan fingerprint density at radius 3 is 2.45 bits per heavy atom. The van der Waals surface area contributed by atoms with Crippen LogP contribution >= 0.6 is 0 Å². The Hall–Kier alpha value is -4.06. The molecule has 10 nitrogen and oxygen atoms in total. The molecule has 10 heteroatoms. The Morgan fingerprint density at radius 1 is 0.961 bits per heavy atom. The number of phenols is 1.